The molecule has 25 rings (SSSR count). The Balaban J connectivity index is 0.752. The third kappa shape index (κ3) is 17.7. The molecule has 21 saturated heterocycles. The minimum Gasteiger partial charge on any atom is -0.462 e. The molecule has 111 heavy (non-hydrogen) atoms. The SMILES string of the molecule is CC(C)CCC[C@@H](C)[C@H]1CC[C@H]2[C@@H]3CC=C4C[C@@H](OC(=O)CCC(=O)NC[C@H]5O[C@@H]6O[C@H]7[C@H](O)[C@@H](O)[C@@H](O[C@H]8[C@H](O)[C@@H](O)[C@@H](O[C@H]9[C@H](O)[C@@H](O)[C@@H](O[C@H]%10[C@H](O)[C@@H](O)[C@@H](O[C@H]%11[C@H](O)[C@@H](O)[C@@H](O[C@H]%12[C@H](O)[C@@H](O)[C@@H](O[C@H]5[C@H](O)[C@H]6O)O[C@@H]%12CO)O[C@@H]%11CO)O[C@@H]%10CO)O[C@@H]9CO)O[C@@H]8CO)O[C@@H]7CO)CC[C@]4(C)[C@H]3CC[C@]12C. The van der Waals surface area contributed by atoms with Gasteiger partial charge in [-0.1, -0.05) is 65.5 Å². The fourth-order valence-corrected chi connectivity index (χ4v) is 19.9. The van der Waals surface area contributed by atoms with Crippen LogP contribution in [-0.4, -0.2) is 381 Å². The van der Waals surface area contributed by atoms with Gasteiger partial charge >= 0.3 is 5.97 Å². The van der Waals surface area contributed by atoms with Crippen molar-refractivity contribution < 1.29 is 183 Å². The minimum absolute atomic E-state index is 0.0342. The molecule has 0 spiro atoms. The van der Waals surface area contributed by atoms with Gasteiger partial charge in [0.25, 0.3) is 0 Å². The van der Waals surface area contributed by atoms with Crippen LogP contribution in [0.3, 0.4) is 0 Å². The predicted octanol–water partition coefficient (Wildman–Crippen LogP) is -7.37. The minimum atomic E-state index is -2.30. The van der Waals surface area contributed by atoms with E-state index >= 15 is 0 Å². The van der Waals surface area contributed by atoms with Crippen molar-refractivity contribution in [3.05, 3.63) is 11.6 Å². The zero-order valence-electron chi connectivity index (χ0n) is 62.9. The van der Waals surface area contributed by atoms with Crippen LogP contribution in [-0.2, 0) is 80.6 Å². The molecule has 0 unspecified atom stereocenters. The van der Waals surface area contributed by atoms with Gasteiger partial charge in [0.1, 0.15) is 177 Å². The first-order chi connectivity index (χ1) is 52.8. The number of ether oxygens (including phenoxy) is 15. The maximum atomic E-state index is 13.9. The van der Waals surface area contributed by atoms with E-state index in [1.165, 1.54) is 44.1 Å². The fourth-order valence-electron chi connectivity index (χ4n) is 19.9. The Bertz CT molecular complexity index is 3020. The fraction of sp³-hybridized carbons (Fsp3) is 0.945. The summed E-state index contributed by atoms with van der Waals surface area (Å²) in [6.45, 7) is 4.83. The standard InChI is InChI=1S/C73H119NO37/c1-27(2)7-6-8-28(3)32-11-12-33-31-10-9-29-19-30(15-17-72(29,4)34(31)16-18-73(32,33)5)97-43(82)14-13-42(81)74-20-35-58-44(83)51(90)65(98-35)106-59-36(21-75)100-67(53(92)46(59)85)108-61-38(23-77)102-69(55(94)48(61)87)110-63-40(25-79)104-71(57(96)50(63)89)111-64-41(26-80)103-70(56(95)49(64)88)109-62-39(24-78)101-68(54(93)47(62)86)107-60-37(22-76)99-66(105-58)52(91)45(60)84/h9,27-28,30-41,44-71,75-80,83-96H,6-8,10-26H2,1-5H3,(H,74,81)/t28-,30+,31+,32-,33+,34+,35-,36-,37-,38-,39-,40-,41-,44-,45-,46-,47-,48-,49-,50-,51-,52-,53-,54-,55-,56-,57-,58-,59-,60-,61-,62-,63-,64-,65-,66-,67-,68-,69-,70-,71-,72+,73-/m1/s1. The zero-order chi connectivity index (χ0) is 80.1. The van der Waals surface area contributed by atoms with Crippen LogP contribution >= 0.6 is 0 Å². The molecule has 3 saturated carbocycles. The predicted molar refractivity (Wildman–Crippen MR) is 367 cm³/mol. The summed E-state index contributed by atoms with van der Waals surface area (Å²) in [5.74, 6) is 2.45. The molecule has 38 heteroatoms. The van der Waals surface area contributed by atoms with Gasteiger partial charge in [0.05, 0.1) is 46.1 Å². The Morgan fingerprint density at radius 2 is 0.766 bits per heavy atom. The first kappa shape index (κ1) is 87.6. The molecule has 638 valence electrons. The molecule has 0 aromatic heterocycles. The second kappa shape index (κ2) is 36.9. The highest BCUT2D eigenvalue weighted by molar-refractivity contribution is 5.81. The Morgan fingerprint density at radius 3 is 1.11 bits per heavy atom. The van der Waals surface area contributed by atoms with Gasteiger partial charge in [-0.2, -0.15) is 0 Å². The van der Waals surface area contributed by atoms with E-state index in [4.69, 9.17) is 71.1 Å². The summed E-state index contributed by atoms with van der Waals surface area (Å²) >= 11 is 0. The van der Waals surface area contributed by atoms with E-state index in [-0.39, 0.29) is 11.8 Å². The molecule has 25 aliphatic rings. The number of aliphatic hydroxyl groups excluding tert-OH is 20. The third-order valence-electron chi connectivity index (χ3n) is 26.2. The lowest BCUT2D eigenvalue weighted by Gasteiger charge is -2.58. The summed E-state index contributed by atoms with van der Waals surface area (Å²) in [5, 5.41) is 229. The molecule has 24 fully saturated rings. The van der Waals surface area contributed by atoms with Crippen LogP contribution in [0.25, 0.3) is 0 Å². The summed E-state index contributed by atoms with van der Waals surface area (Å²) in [6.07, 6.45) is -59.2. The van der Waals surface area contributed by atoms with Crippen LogP contribution in [0.1, 0.15) is 118 Å². The second-order valence-electron chi connectivity index (χ2n) is 33.4. The Labute approximate surface area is 641 Å². The van der Waals surface area contributed by atoms with Crippen LogP contribution in [0.15, 0.2) is 11.6 Å². The van der Waals surface area contributed by atoms with E-state index in [1.807, 2.05) is 0 Å². The summed E-state index contributed by atoms with van der Waals surface area (Å²) in [4.78, 5) is 27.6. The highest BCUT2D eigenvalue weighted by Crippen LogP contribution is 2.67. The number of amides is 1. The largest absolute Gasteiger partial charge is 0.462 e. The number of carbonyl (C=O) groups is 2. The van der Waals surface area contributed by atoms with Gasteiger partial charge in [-0.3, -0.25) is 9.59 Å². The first-order valence-electron chi connectivity index (χ1n) is 39.3. The van der Waals surface area contributed by atoms with Gasteiger partial charge in [-0.15, -0.1) is 0 Å². The molecule has 21 N–H and O–H groups in total. The van der Waals surface area contributed by atoms with Crippen molar-refractivity contribution in [3.8, 4) is 0 Å². The van der Waals surface area contributed by atoms with E-state index < -0.39 is 286 Å². The van der Waals surface area contributed by atoms with E-state index in [1.54, 1.807) is 0 Å². The van der Waals surface area contributed by atoms with Gasteiger partial charge in [0.15, 0.2) is 44.0 Å². The number of rotatable bonds is 17. The first-order valence-corrected chi connectivity index (χ1v) is 39.3. The van der Waals surface area contributed by atoms with Crippen molar-refractivity contribution in [3.63, 3.8) is 0 Å². The number of hydrogen-bond acceptors (Lipinski definition) is 37. The molecule has 0 aromatic carbocycles. The molecule has 0 aromatic rings. The molecule has 14 bridgehead atoms. The van der Waals surface area contributed by atoms with Crippen molar-refractivity contribution in [2.75, 3.05) is 46.2 Å². The van der Waals surface area contributed by atoms with E-state index in [9.17, 15) is 112 Å². The highest BCUT2D eigenvalue weighted by Gasteiger charge is 2.63. The molecular formula is C73H119NO37. The number of allylic oxidation sites excluding steroid dienone is 1. The molecule has 4 aliphatic carbocycles. The van der Waals surface area contributed by atoms with Crippen molar-refractivity contribution in [1.29, 1.82) is 0 Å². The smallest absolute Gasteiger partial charge is 0.306 e. The highest BCUT2D eigenvalue weighted by atomic mass is 16.8. The molecular weight excluding hydrogens is 1480 g/mol. The molecule has 43 atom stereocenters. The molecule has 0 radical (unpaired) electrons. The average molecular weight is 1600 g/mol. The molecule has 38 nitrogen and oxygen atoms in total. The number of carbonyl (C=O) groups excluding carboxylic acids is 2. The topological polar surface area (TPSA) is 589 Å². The van der Waals surface area contributed by atoms with Gasteiger partial charge in [0, 0.05) is 19.4 Å². The van der Waals surface area contributed by atoms with Crippen molar-refractivity contribution in [2.24, 2.45) is 46.3 Å². The maximum Gasteiger partial charge on any atom is 0.306 e. The van der Waals surface area contributed by atoms with E-state index in [0.29, 0.717) is 53.8 Å². The van der Waals surface area contributed by atoms with Crippen LogP contribution in [0.2, 0.25) is 0 Å². The summed E-state index contributed by atoms with van der Waals surface area (Å²) in [6, 6.07) is 0. The second-order valence-corrected chi connectivity index (χ2v) is 33.4. The average Bonchev–Trinajstić information content (AvgIpc) is 1.63. The van der Waals surface area contributed by atoms with E-state index in [0.717, 1.165) is 19.3 Å². The lowest BCUT2D eigenvalue weighted by atomic mass is 9.47. The summed E-state index contributed by atoms with van der Waals surface area (Å²) < 4.78 is 88.1. The van der Waals surface area contributed by atoms with Gasteiger partial charge < -0.3 is 179 Å². The molecule has 21 heterocycles. The monoisotopic (exact) mass is 1600 g/mol. The summed E-state index contributed by atoms with van der Waals surface area (Å²) in [5.41, 5.74) is 1.58. The number of hydrogen-bond donors (Lipinski definition) is 21. The lowest BCUT2D eigenvalue weighted by molar-refractivity contribution is -0.396. The lowest BCUT2D eigenvalue weighted by Crippen LogP contribution is -2.68. The molecule has 21 aliphatic heterocycles. The number of fused-ring (bicyclic) bond motifs is 5. The van der Waals surface area contributed by atoms with Gasteiger partial charge in [-0.25, -0.2) is 0 Å². The Morgan fingerprint density at radius 1 is 0.423 bits per heavy atom. The van der Waals surface area contributed by atoms with Crippen LogP contribution < -0.4 is 5.32 Å². The van der Waals surface area contributed by atoms with E-state index in [2.05, 4.69) is 46.0 Å². The van der Waals surface area contributed by atoms with Crippen LogP contribution in [0.4, 0.5) is 0 Å². The Kier molecular flexibility index (Phi) is 29.1. The van der Waals surface area contributed by atoms with Crippen LogP contribution in [0, 0.1) is 46.3 Å². The van der Waals surface area contributed by atoms with Crippen molar-refractivity contribution in [2.45, 2.75) is 339 Å². The van der Waals surface area contributed by atoms with Gasteiger partial charge in [0.2, 0.25) is 5.91 Å². The number of nitrogens with one attached hydrogen (secondary N) is 1. The quantitative estimate of drug-likeness (QED) is 0.0475. The van der Waals surface area contributed by atoms with Crippen molar-refractivity contribution >= 4 is 11.9 Å². The van der Waals surface area contributed by atoms with Crippen LogP contribution in [0.5, 0.6) is 0 Å². The number of aliphatic hydroxyl groups is 20. The zero-order valence-corrected chi connectivity index (χ0v) is 62.9. The Hall–Kier alpha value is -2.68. The number of esters is 1. The normalized spacial score (nSPS) is 50.8. The van der Waals surface area contributed by atoms with Gasteiger partial charge in [-0.05, 0) is 91.3 Å². The molecule has 1 amide bonds. The third-order valence-corrected chi connectivity index (χ3v) is 26.2. The van der Waals surface area contributed by atoms with Crippen molar-refractivity contribution in [1.82, 2.24) is 5.32 Å². The maximum absolute atomic E-state index is 13.9. The summed E-state index contributed by atoms with van der Waals surface area (Å²) in [7, 11) is 0.